The lowest BCUT2D eigenvalue weighted by molar-refractivity contribution is -0.116. The van der Waals surface area contributed by atoms with Crippen molar-refractivity contribution < 1.29 is 4.79 Å². The highest BCUT2D eigenvalue weighted by atomic mass is 127. The van der Waals surface area contributed by atoms with Gasteiger partial charge in [-0.2, -0.15) is 0 Å². The summed E-state index contributed by atoms with van der Waals surface area (Å²) in [7, 11) is 0. The fourth-order valence-electron chi connectivity index (χ4n) is 2.82. The smallest absolute Gasteiger partial charge is 0.238 e. The number of amides is 1. The standard InChI is InChI=1S/C17H14IN3OS2/c18-15-6-5-11-3-1-2-4-13(11)21(15)16(22)10-23-17-20-12-9-19-8-7-14(12)24-17/h1-4,7-9,15H,5-6,10H2. The number of aryl methyl sites for hydroxylation is 1. The van der Waals surface area contributed by atoms with E-state index in [1.807, 2.05) is 29.2 Å². The van der Waals surface area contributed by atoms with E-state index < -0.39 is 0 Å². The maximum atomic E-state index is 12.8. The van der Waals surface area contributed by atoms with E-state index >= 15 is 0 Å². The van der Waals surface area contributed by atoms with E-state index in [2.05, 4.69) is 38.6 Å². The highest BCUT2D eigenvalue weighted by Crippen LogP contribution is 2.35. The van der Waals surface area contributed by atoms with Gasteiger partial charge in [-0.1, -0.05) is 52.6 Å². The number of hydrogen-bond acceptors (Lipinski definition) is 5. The molecular formula is C17H14IN3OS2. The van der Waals surface area contributed by atoms with Gasteiger partial charge < -0.3 is 0 Å². The molecule has 4 rings (SSSR count). The molecule has 4 nitrogen and oxygen atoms in total. The van der Waals surface area contributed by atoms with E-state index in [1.54, 1.807) is 23.7 Å². The van der Waals surface area contributed by atoms with Crippen LogP contribution in [0.4, 0.5) is 5.69 Å². The SMILES string of the molecule is O=C(CSc1nc2cnccc2s1)N1c2ccccc2CCC1I. The third-order valence-electron chi connectivity index (χ3n) is 3.94. The predicted molar refractivity (Wildman–Crippen MR) is 108 cm³/mol. The average molecular weight is 467 g/mol. The van der Waals surface area contributed by atoms with E-state index in [4.69, 9.17) is 0 Å². The first-order valence-corrected chi connectivity index (χ1v) is 10.6. The Morgan fingerprint density at radius 2 is 2.25 bits per heavy atom. The van der Waals surface area contributed by atoms with Gasteiger partial charge in [-0.05, 0) is 30.5 Å². The van der Waals surface area contributed by atoms with Crippen LogP contribution in [0, 0.1) is 0 Å². The summed E-state index contributed by atoms with van der Waals surface area (Å²) >= 11 is 5.49. The molecule has 1 aromatic carbocycles. The Kier molecular flexibility index (Phi) is 4.73. The van der Waals surface area contributed by atoms with Crippen LogP contribution in [0.1, 0.15) is 12.0 Å². The molecule has 3 aromatic rings. The van der Waals surface area contributed by atoms with Crippen molar-refractivity contribution in [1.29, 1.82) is 0 Å². The van der Waals surface area contributed by atoms with Crippen LogP contribution >= 0.6 is 45.7 Å². The molecule has 0 spiro atoms. The van der Waals surface area contributed by atoms with Gasteiger partial charge >= 0.3 is 0 Å². The van der Waals surface area contributed by atoms with Crippen LogP contribution in [0.5, 0.6) is 0 Å². The molecule has 1 atom stereocenters. The van der Waals surface area contributed by atoms with Crippen LogP contribution in [0.2, 0.25) is 0 Å². The molecule has 0 bridgehead atoms. The molecule has 122 valence electrons. The number of pyridine rings is 1. The number of benzene rings is 1. The minimum absolute atomic E-state index is 0.143. The minimum Gasteiger partial charge on any atom is -0.299 e. The summed E-state index contributed by atoms with van der Waals surface area (Å²) in [6.07, 6.45) is 5.57. The maximum Gasteiger partial charge on any atom is 0.238 e. The lowest BCUT2D eigenvalue weighted by Gasteiger charge is -2.34. The summed E-state index contributed by atoms with van der Waals surface area (Å²) < 4.78 is 2.24. The van der Waals surface area contributed by atoms with Crippen LogP contribution in [-0.4, -0.2) is 25.7 Å². The zero-order valence-corrected chi connectivity index (χ0v) is 16.5. The second-order valence-electron chi connectivity index (χ2n) is 5.48. The van der Waals surface area contributed by atoms with Gasteiger partial charge in [0.05, 0.1) is 20.7 Å². The fraction of sp³-hybridized carbons (Fsp3) is 0.235. The van der Waals surface area contributed by atoms with E-state index in [0.717, 1.165) is 33.1 Å². The number of thioether (sulfide) groups is 1. The first kappa shape index (κ1) is 16.3. The van der Waals surface area contributed by atoms with Gasteiger partial charge in [-0.25, -0.2) is 4.98 Å². The predicted octanol–water partition coefficient (Wildman–Crippen LogP) is 4.52. The molecule has 2 aromatic heterocycles. The van der Waals surface area contributed by atoms with Gasteiger partial charge in [0.25, 0.3) is 0 Å². The molecule has 0 fully saturated rings. The summed E-state index contributed by atoms with van der Waals surface area (Å²) in [6, 6.07) is 10.2. The molecule has 0 radical (unpaired) electrons. The van der Waals surface area contributed by atoms with E-state index in [1.165, 1.54) is 17.3 Å². The average Bonchev–Trinajstić information content (AvgIpc) is 3.02. The summed E-state index contributed by atoms with van der Waals surface area (Å²) in [5.41, 5.74) is 3.21. The number of anilines is 1. The minimum atomic E-state index is 0.143. The largest absolute Gasteiger partial charge is 0.299 e. The monoisotopic (exact) mass is 467 g/mol. The van der Waals surface area contributed by atoms with Gasteiger partial charge in [0, 0.05) is 11.9 Å². The number of alkyl halides is 1. The zero-order chi connectivity index (χ0) is 16.5. The molecule has 1 aliphatic rings. The molecule has 0 N–H and O–H groups in total. The number of aromatic nitrogens is 2. The number of halogens is 1. The zero-order valence-electron chi connectivity index (χ0n) is 12.7. The van der Waals surface area contributed by atoms with Crippen molar-refractivity contribution in [2.75, 3.05) is 10.7 Å². The molecular weight excluding hydrogens is 453 g/mol. The Bertz CT molecular complexity index is 865. The van der Waals surface area contributed by atoms with Crippen molar-refractivity contribution in [2.45, 2.75) is 21.2 Å². The number of nitrogens with zero attached hydrogens (tertiary/aromatic N) is 3. The van der Waals surface area contributed by atoms with Crippen LogP contribution in [0.15, 0.2) is 47.1 Å². The molecule has 1 unspecified atom stereocenters. The molecule has 1 amide bonds. The van der Waals surface area contributed by atoms with Crippen LogP contribution in [0.3, 0.4) is 0 Å². The first-order valence-electron chi connectivity index (χ1n) is 7.60. The van der Waals surface area contributed by atoms with Crippen molar-refractivity contribution in [3.05, 3.63) is 48.3 Å². The van der Waals surface area contributed by atoms with Crippen molar-refractivity contribution in [3.8, 4) is 0 Å². The van der Waals surface area contributed by atoms with Crippen molar-refractivity contribution in [1.82, 2.24) is 9.97 Å². The van der Waals surface area contributed by atoms with Gasteiger partial charge in [-0.15, -0.1) is 11.3 Å². The Labute approximate surface area is 161 Å². The van der Waals surface area contributed by atoms with Crippen molar-refractivity contribution in [2.24, 2.45) is 0 Å². The van der Waals surface area contributed by atoms with E-state index in [-0.39, 0.29) is 9.96 Å². The Morgan fingerprint density at radius 1 is 1.38 bits per heavy atom. The van der Waals surface area contributed by atoms with Crippen molar-refractivity contribution in [3.63, 3.8) is 0 Å². The Balaban J connectivity index is 1.51. The second kappa shape index (κ2) is 6.97. The summed E-state index contributed by atoms with van der Waals surface area (Å²) in [6.45, 7) is 0. The highest BCUT2D eigenvalue weighted by Gasteiger charge is 2.29. The molecule has 0 saturated carbocycles. The molecule has 0 saturated heterocycles. The fourth-order valence-corrected chi connectivity index (χ4v) is 5.63. The number of hydrogen-bond donors (Lipinski definition) is 0. The van der Waals surface area contributed by atoms with Gasteiger partial charge in [0.15, 0.2) is 4.34 Å². The first-order chi connectivity index (χ1) is 11.7. The second-order valence-corrected chi connectivity index (χ2v) is 9.17. The summed E-state index contributed by atoms with van der Waals surface area (Å²) in [4.78, 5) is 23.4. The third kappa shape index (κ3) is 3.16. The normalized spacial score (nSPS) is 17.0. The number of carbonyl (C=O) groups is 1. The summed E-state index contributed by atoms with van der Waals surface area (Å²) in [5.74, 6) is 0.546. The van der Waals surface area contributed by atoms with Gasteiger partial charge in [0.1, 0.15) is 5.52 Å². The summed E-state index contributed by atoms with van der Waals surface area (Å²) in [5, 5.41) is 0. The van der Waals surface area contributed by atoms with E-state index in [0.29, 0.717) is 5.75 Å². The highest BCUT2D eigenvalue weighted by molar-refractivity contribution is 14.1. The van der Waals surface area contributed by atoms with Crippen molar-refractivity contribution >= 4 is 67.5 Å². The molecule has 7 heteroatoms. The number of rotatable bonds is 3. The van der Waals surface area contributed by atoms with Gasteiger partial charge in [-0.3, -0.25) is 14.7 Å². The number of carbonyl (C=O) groups excluding carboxylic acids is 1. The topological polar surface area (TPSA) is 46.1 Å². The van der Waals surface area contributed by atoms with Crippen LogP contribution in [-0.2, 0) is 11.2 Å². The number of para-hydroxylation sites is 1. The molecule has 24 heavy (non-hydrogen) atoms. The van der Waals surface area contributed by atoms with Crippen LogP contribution in [0.25, 0.3) is 10.2 Å². The van der Waals surface area contributed by atoms with Crippen LogP contribution < -0.4 is 4.90 Å². The maximum absolute atomic E-state index is 12.8. The number of thiazole rings is 1. The van der Waals surface area contributed by atoms with E-state index in [9.17, 15) is 4.79 Å². The number of fused-ring (bicyclic) bond motifs is 2. The lowest BCUT2D eigenvalue weighted by Crippen LogP contribution is -2.41. The molecule has 3 heterocycles. The third-order valence-corrected chi connectivity index (χ3v) is 7.29. The quantitative estimate of drug-likeness (QED) is 0.246. The Hall–Kier alpha value is -1.19. The lowest BCUT2D eigenvalue weighted by atomic mass is 10.0. The van der Waals surface area contributed by atoms with Gasteiger partial charge in [0.2, 0.25) is 5.91 Å². The Morgan fingerprint density at radius 3 is 3.12 bits per heavy atom. The molecule has 0 aliphatic carbocycles. The molecule has 1 aliphatic heterocycles.